The molecule has 1 atom stereocenters. The van der Waals surface area contributed by atoms with Gasteiger partial charge < -0.3 is 4.57 Å². The van der Waals surface area contributed by atoms with E-state index >= 15 is 0 Å². The van der Waals surface area contributed by atoms with E-state index in [2.05, 4.69) is 11.5 Å². The van der Waals surface area contributed by atoms with Crippen LogP contribution in [0.15, 0.2) is 4.79 Å². The zero-order chi connectivity index (χ0) is 15.6. The molecule has 1 aliphatic rings. The smallest absolute Gasteiger partial charge is 0.192 e. The van der Waals surface area contributed by atoms with E-state index in [0.717, 1.165) is 44.4 Å². The topological polar surface area (TPSA) is 39.1 Å². The van der Waals surface area contributed by atoms with Crippen molar-refractivity contribution < 1.29 is 4.79 Å². The summed E-state index contributed by atoms with van der Waals surface area (Å²) in [5.41, 5.74) is 6.55. The van der Waals surface area contributed by atoms with Crippen LogP contribution in [0.25, 0.3) is 10.9 Å². The van der Waals surface area contributed by atoms with Crippen molar-refractivity contribution in [2.45, 2.75) is 54.0 Å². The van der Waals surface area contributed by atoms with Gasteiger partial charge in [0, 0.05) is 34.7 Å². The van der Waals surface area contributed by atoms with Gasteiger partial charge in [-0.3, -0.25) is 9.59 Å². The average molecular weight is 283 g/mol. The molecule has 0 spiro atoms. The second-order valence-electron chi connectivity index (χ2n) is 6.36. The summed E-state index contributed by atoms with van der Waals surface area (Å²) in [6.07, 6.45) is 0.509. The van der Waals surface area contributed by atoms with E-state index in [0.29, 0.717) is 6.42 Å². The number of carbonyl (C=O) groups excluding carboxylic acids is 1. The molecule has 110 valence electrons. The van der Waals surface area contributed by atoms with Crippen molar-refractivity contribution in [2.75, 3.05) is 0 Å². The summed E-state index contributed by atoms with van der Waals surface area (Å²) in [6, 6.07) is 0.105. The summed E-state index contributed by atoms with van der Waals surface area (Å²) in [5.74, 6) is 0.163. The quantitative estimate of drug-likeness (QED) is 0.739. The van der Waals surface area contributed by atoms with Gasteiger partial charge in [-0.05, 0) is 58.2 Å². The van der Waals surface area contributed by atoms with E-state index in [1.807, 2.05) is 34.6 Å². The zero-order valence-electron chi connectivity index (χ0n) is 13.5. The minimum Gasteiger partial charge on any atom is -0.341 e. The Morgan fingerprint density at radius 2 is 1.52 bits per heavy atom. The molecule has 2 aromatic rings. The van der Waals surface area contributed by atoms with Crippen LogP contribution in [-0.2, 0) is 0 Å². The van der Waals surface area contributed by atoms with E-state index in [4.69, 9.17) is 0 Å². The number of benzene rings is 1. The first-order valence-electron chi connectivity index (χ1n) is 7.45. The van der Waals surface area contributed by atoms with Crippen molar-refractivity contribution in [1.82, 2.24) is 4.57 Å². The highest BCUT2D eigenvalue weighted by atomic mass is 16.1. The van der Waals surface area contributed by atoms with Crippen LogP contribution in [0.4, 0.5) is 0 Å². The second-order valence-corrected chi connectivity index (χ2v) is 6.36. The number of Topliss-reactive ketones (excluding diaryl/α,β-unsaturated/α-hetero) is 1. The van der Waals surface area contributed by atoms with Crippen molar-refractivity contribution >= 4 is 16.7 Å². The van der Waals surface area contributed by atoms with Crippen LogP contribution in [0.5, 0.6) is 0 Å². The van der Waals surface area contributed by atoms with E-state index in [1.165, 1.54) is 0 Å². The van der Waals surface area contributed by atoms with Crippen LogP contribution in [0.2, 0.25) is 0 Å². The number of ketones is 1. The summed E-state index contributed by atoms with van der Waals surface area (Å²) in [6.45, 7) is 11.9. The Kier molecular flexibility index (Phi) is 2.88. The van der Waals surface area contributed by atoms with Crippen molar-refractivity contribution in [3.8, 4) is 0 Å². The molecule has 1 aromatic carbocycles. The molecule has 0 fully saturated rings. The van der Waals surface area contributed by atoms with Gasteiger partial charge in [-0.25, -0.2) is 0 Å². The van der Waals surface area contributed by atoms with E-state index in [9.17, 15) is 9.59 Å². The fourth-order valence-corrected chi connectivity index (χ4v) is 3.71. The minimum absolute atomic E-state index is 0.0718. The molecule has 0 amide bonds. The van der Waals surface area contributed by atoms with Crippen molar-refractivity contribution in [1.29, 1.82) is 0 Å². The molecule has 0 N–H and O–H groups in total. The van der Waals surface area contributed by atoms with Gasteiger partial charge in [0.25, 0.3) is 0 Å². The first-order valence-corrected chi connectivity index (χ1v) is 7.45. The summed E-state index contributed by atoms with van der Waals surface area (Å²) >= 11 is 0. The zero-order valence-corrected chi connectivity index (χ0v) is 13.5. The van der Waals surface area contributed by atoms with Gasteiger partial charge in [-0.2, -0.15) is 0 Å². The monoisotopic (exact) mass is 283 g/mol. The molecule has 2 heterocycles. The number of aryl methyl sites for hydroxylation is 1. The lowest BCUT2D eigenvalue weighted by atomic mass is 9.86. The molecule has 0 aliphatic carbocycles. The summed E-state index contributed by atoms with van der Waals surface area (Å²) in [4.78, 5) is 25.3. The molecule has 1 aliphatic heterocycles. The van der Waals surface area contributed by atoms with Crippen molar-refractivity contribution in [2.24, 2.45) is 0 Å². The Morgan fingerprint density at radius 1 is 0.905 bits per heavy atom. The van der Waals surface area contributed by atoms with Crippen LogP contribution >= 0.6 is 0 Å². The molecular formula is C18H21NO2. The third-order valence-electron chi connectivity index (χ3n) is 5.26. The third-order valence-corrected chi connectivity index (χ3v) is 5.26. The second kappa shape index (κ2) is 4.30. The maximum absolute atomic E-state index is 12.8. The van der Waals surface area contributed by atoms with Crippen LogP contribution in [-0.4, -0.2) is 10.4 Å². The maximum Gasteiger partial charge on any atom is 0.192 e. The highest BCUT2D eigenvalue weighted by Gasteiger charge is 2.30. The van der Waals surface area contributed by atoms with Crippen LogP contribution < -0.4 is 5.43 Å². The van der Waals surface area contributed by atoms with Crippen LogP contribution in [0.1, 0.15) is 57.7 Å². The van der Waals surface area contributed by atoms with Gasteiger partial charge in [0.1, 0.15) is 0 Å². The number of hydrogen-bond acceptors (Lipinski definition) is 2. The molecule has 3 nitrogen and oxygen atoms in total. The summed E-state index contributed by atoms with van der Waals surface area (Å²) in [7, 11) is 0. The highest BCUT2D eigenvalue weighted by Crippen LogP contribution is 2.36. The SMILES string of the molecule is Cc1c(C)c2c3c(c1C)c(=O)c(C)c(C)n3C(C)CC2=O. The molecule has 0 bridgehead atoms. The molecule has 3 heteroatoms. The lowest BCUT2D eigenvalue weighted by Gasteiger charge is -2.30. The Morgan fingerprint density at radius 3 is 2.14 bits per heavy atom. The largest absolute Gasteiger partial charge is 0.341 e. The molecule has 1 aromatic heterocycles. The molecular weight excluding hydrogens is 262 g/mol. The third kappa shape index (κ3) is 1.60. The van der Waals surface area contributed by atoms with Gasteiger partial charge in [-0.1, -0.05) is 0 Å². The molecule has 0 saturated heterocycles. The minimum atomic E-state index is 0.0718. The fraction of sp³-hybridized carbons (Fsp3) is 0.444. The number of rotatable bonds is 0. The number of pyridine rings is 1. The van der Waals surface area contributed by atoms with Crippen molar-refractivity contribution in [3.63, 3.8) is 0 Å². The normalized spacial score (nSPS) is 17.6. The Hall–Kier alpha value is -1.90. The lowest BCUT2D eigenvalue weighted by molar-refractivity contribution is 0.0959. The molecule has 1 unspecified atom stereocenters. The maximum atomic E-state index is 12.8. The van der Waals surface area contributed by atoms with Gasteiger partial charge >= 0.3 is 0 Å². The molecule has 0 radical (unpaired) electrons. The fourth-order valence-electron chi connectivity index (χ4n) is 3.71. The predicted octanol–water partition coefficient (Wildman–Crippen LogP) is 3.69. The number of aromatic nitrogens is 1. The average Bonchev–Trinajstić information content (AvgIpc) is 2.41. The van der Waals surface area contributed by atoms with Gasteiger partial charge in [-0.15, -0.1) is 0 Å². The Bertz CT molecular complexity index is 872. The standard InChI is InChI=1S/C18H21NO2/c1-8-7-14(20)15-10(3)9(2)11(4)16-17(15)19(8)13(6)12(5)18(16)21/h8H,7H2,1-6H3. The summed E-state index contributed by atoms with van der Waals surface area (Å²) in [5, 5.41) is 0.733. The molecule has 21 heavy (non-hydrogen) atoms. The van der Waals surface area contributed by atoms with E-state index in [-0.39, 0.29) is 17.3 Å². The van der Waals surface area contributed by atoms with Crippen LogP contribution in [0, 0.1) is 34.6 Å². The highest BCUT2D eigenvalue weighted by molar-refractivity contribution is 6.11. The van der Waals surface area contributed by atoms with Crippen LogP contribution in [0.3, 0.4) is 0 Å². The molecule has 0 saturated carbocycles. The van der Waals surface area contributed by atoms with E-state index in [1.54, 1.807) is 0 Å². The number of nitrogens with zero attached hydrogens (tertiary/aromatic N) is 1. The first kappa shape index (κ1) is 14.1. The predicted molar refractivity (Wildman–Crippen MR) is 85.6 cm³/mol. The van der Waals surface area contributed by atoms with E-state index < -0.39 is 0 Å². The summed E-state index contributed by atoms with van der Waals surface area (Å²) < 4.78 is 2.20. The number of hydrogen-bond donors (Lipinski definition) is 0. The lowest BCUT2D eigenvalue weighted by Crippen LogP contribution is -2.28. The van der Waals surface area contributed by atoms with Gasteiger partial charge in [0.15, 0.2) is 11.2 Å². The number of carbonyl (C=O) groups is 1. The first-order chi connectivity index (χ1) is 9.77. The Labute approximate surface area is 124 Å². The van der Waals surface area contributed by atoms with Gasteiger partial charge in [0.2, 0.25) is 0 Å². The van der Waals surface area contributed by atoms with Crippen molar-refractivity contribution in [3.05, 3.63) is 43.7 Å². The molecule has 3 rings (SSSR count). The van der Waals surface area contributed by atoms with Gasteiger partial charge in [0.05, 0.1) is 5.52 Å². The Balaban J connectivity index is 2.76.